The van der Waals surface area contributed by atoms with E-state index < -0.39 is 17.9 Å². The van der Waals surface area contributed by atoms with E-state index in [-0.39, 0.29) is 5.75 Å². The van der Waals surface area contributed by atoms with Crippen LogP contribution in [0, 0.1) is 5.82 Å². The monoisotopic (exact) mass is 253 g/mol. The Bertz CT molecular complexity index is 446. The fourth-order valence-corrected chi connectivity index (χ4v) is 1.54. The molecule has 1 atom stereocenters. The molecule has 1 aromatic carbocycles. The number of carboxylic acids is 1. The van der Waals surface area contributed by atoms with Crippen LogP contribution in [-0.2, 0) is 11.3 Å². The summed E-state index contributed by atoms with van der Waals surface area (Å²) in [5.41, 5.74) is 0.828. The Balaban J connectivity index is 1.97. The summed E-state index contributed by atoms with van der Waals surface area (Å²) in [5.74, 6) is -1.67. The summed E-state index contributed by atoms with van der Waals surface area (Å²) >= 11 is 0. The van der Waals surface area contributed by atoms with E-state index >= 15 is 0 Å². The molecular formula is C13H16FNO3. The van der Waals surface area contributed by atoms with Gasteiger partial charge in [-0.15, -0.1) is 0 Å². The van der Waals surface area contributed by atoms with Crippen molar-refractivity contribution in [3.8, 4) is 5.75 Å². The quantitative estimate of drug-likeness (QED) is 0.813. The van der Waals surface area contributed by atoms with Gasteiger partial charge in [0.25, 0.3) is 0 Å². The highest BCUT2D eigenvalue weighted by Gasteiger charge is 2.20. The zero-order chi connectivity index (χ0) is 13.1. The number of halogens is 1. The molecule has 0 aliphatic heterocycles. The van der Waals surface area contributed by atoms with Gasteiger partial charge in [0, 0.05) is 12.6 Å². The second-order valence-electron chi connectivity index (χ2n) is 4.52. The van der Waals surface area contributed by atoms with Gasteiger partial charge in [0.1, 0.15) is 0 Å². The van der Waals surface area contributed by atoms with E-state index in [9.17, 15) is 9.18 Å². The highest BCUT2D eigenvalue weighted by molar-refractivity contribution is 5.72. The summed E-state index contributed by atoms with van der Waals surface area (Å²) in [6.45, 7) is 1.99. The van der Waals surface area contributed by atoms with E-state index in [0.717, 1.165) is 5.56 Å². The Labute approximate surface area is 105 Å². The number of rotatable bonds is 6. The second kappa shape index (κ2) is 5.35. The topological polar surface area (TPSA) is 58.6 Å². The van der Waals surface area contributed by atoms with E-state index in [2.05, 4.69) is 5.32 Å². The van der Waals surface area contributed by atoms with E-state index in [1.807, 2.05) is 0 Å². The fraction of sp³-hybridized carbons (Fsp3) is 0.462. The van der Waals surface area contributed by atoms with Gasteiger partial charge in [0.15, 0.2) is 17.7 Å². The van der Waals surface area contributed by atoms with Crippen LogP contribution in [-0.4, -0.2) is 23.2 Å². The Morgan fingerprint density at radius 1 is 1.61 bits per heavy atom. The van der Waals surface area contributed by atoms with Gasteiger partial charge in [0.2, 0.25) is 0 Å². The third-order valence-corrected chi connectivity index (χ3v) is 2.82. The van der Waals surface area contributed by atoms with E-state index in [4.69, 9.17) is 9.84 Å². The van der Waals surface area contributed by atoms with Crippen molar-refractivity contribution < 1.29 is 19.0 Å². The van der Waals surface area contributed by atoms with Crippen molar-refractivity contribution in [3.63, 3.8) is 0 Å². The highest BCUT2D eigenvalue weighted by atomic mass is 19.1. The molecule has 1 aromatic rings. The maximum atomic E-state index is 13.7. The highest BCUT2D eigenvalue weighted by Crippen LogP contribution is 2.22. The van der Waals surface area contributed by atoms with Crippen molar-refractivity contribution in [1.29, 1.82) is 0 Å². The van der Waals surface area contributed by atoms with Crippen molar-refractivity contribution >= 4 is 5.97 Å². The lowest BCUT2D eigenvalue weighted by molar-refractivity contribution is -0.144. The molecule has 98 valence electrons. The van der Waals surface area contributed by atoms with Crippen LogP contribution < -0.4 is 10.1 Å². The van der Waals surface area contributed by atoms with Gasteiger partial charge in [-0.2, -0.15) is 0 Å². The van der Waals surface area contributed by atoms with Crippen LogP contribution in [0.5, 0.6) is 5.75 Å². The SMILES string of the molecule is CC(Oc1ccc(CNC2CC2)cc1F)C(=O)O. The van der Waals surface area contributed by atoms with Crippen LogP contribution in [0.2, 0.25) is 0 Å². The number of hydrogen-bond acceptors (Lipinski definition) is 3. The van der Waals surface area contributed by atoms with Crippen molar-refractivity contribution in [2.24, 2.45) is 0 Å². The van der Waals surface area contributed by atoms with Crippen molar-refractivity contribution in [3.05, 3.63) is 29.6 Å². The number of benzene rings is 1. The van der Waals surface area contributed by atoms with Crippen LogP contribution in [0.3, 0.4) is 0 Å². The Hall–Kier alpha value is -1.62. The lowest BCUT2D eigenvalue weighted by Crippen LogP contribution is -2.23. The van der Waals surface area contributed by atoms with E-state index in [0.29, 0.717) is 12.6 Å². The number of nitrogens with one attached hydrogen (secondary N) is 1. The van der Waals surface area contributed by atoms with Gasteiger partial charge in [0.05, 0.1) is 0 Å². The molecule has 1 unspecified atom stereocenters. The Morgan fingerprint density at radius 3 is 2.89 bits per heavy atom. The molecule has 1 aliphatic carbocycles. The zero-order valence-electron chi connectivity index (χ0n) is 10.1. The minimum atomic E-state index is -1.12. The first kappa shape index (κ1) is 12.8. The number of carbonyl (C=O) groups is 1. The van der Waals surface area contributed by atoms with Gasteiger partial charge in [-0.05, 0) is 37.5 Å². The first-order valence-corrected chi connectivity index (χ1v) is 5.97. The van der Waals surface area contributed by atoms with Gasteiger partial charge >= 0.3 is 5.97 Å². The number of aliphatic carboxylic acids is 1. The molecule has 0 spiro atoms. The molecule has 0 radical (unpaired) electrons. The molecule has 5 heteroatoms. The molecule has 0 saturated heterocycles. The van der Waals surface area contributed by atoms with E-state index in [1.54, 1.807) is 6.07 Å². The summed E-state index contributed by atoms with van der Waals surface area (Å²) in [4.78, 5) is 10.6. The van der Waals surface area contributed by atoms with Crippen LogP contribution in [0.25, 0.3) is 0 Å². The second-order valence-corrected chi connectivity index (χ2v) is 4.52. The molecule has 2 rings (SSSR count). The molecule has 0 amide bonds. The van der Waals surface area contributed by atoms with Crippen LogP contribution >= 0.6 is 0 Å². The predicted octanol–water partition coefficient (Wildman–Crippen LogP) is 1.93. The summed E-state index contributed by atoms with van der Waals surface area (Å²) in [5, 5.41) is 12.0. The first-order valence-electron chi connectivity index (χ1n) is 5.97. The van der Waals surface area contributed by atoms with Crippen molar-refractivity contribution in [2.75, 3.05) is 0 Å². The largest absolute Gasteiger partial charge is 0.479 e. The van der Waals surface area contributed by atoms with Crippen molar-refractivity contribution in [1.82, 2.24) is 5.32 Å². The smallest absolute Gasteiger partial charge is 0.344 e. The first-order chi connectivity index (χ1) is 8.56. The maximum absolute atomic E-state index is 13.7. The number of carboxylic acid groups (broad SMARTS) is 1. The third-order valence-electron chi connectivity index (χ3n) is 2.82. The number of ether oxygens (including phenoxy) is 1. The summed E-state index contributed by atoms with van der Waals surface area (Å²) in [6.07, 6.45) is 1.30. The predicted molar refractivity (Wildman–Crippen MR) is 64.0 cm³/mol. The minimum absolute atomic E-state index is 0.0277. The van der Waals surface area contributed by atoms with Gasteiger partial charge in [-0.3, -0.25) is 0 Å². The standard InChI is InChI=1S/C13H16FNO3/c1-8(13(16)17)18-12-5-2-9(6-11(12)14)7-15-10-3-4-10/h2,5-6,8,10,15H,3-4,7H2,1H3,(H,16,17). The zero-order valence-corrected chi connectivity index (χ0v) is 10.1. The molecule has 1 fully saturated rings. The normalized spacial score (nSPS) is 16.3. The average molecular weight is 253 g/mol. The minimum Gasteiger partial charge on any atom is -0.479 e. The summed E-state index contributed by atoms with van der Waals surface area (Å²) < 4.78 is 18.7. The summed E-state index contributed by atoms with van der Waals surface area (Å²) in [6, 6.07) is 5.15. The molecular weight excluding hydrogens is 237 g/mol. The molecule has 0 bridgehead atoms. The van der Waals surface area contributed by atoms with Gasteiger partial charge in [-0.25, -0.2) is 9.18 Å². The molecule has 1 aliphatic rings. The molecule has 0 heterocycles. The summed E-state index contributed by atoms with van der Waals surface area (Å²) in [7, 11) is 0. The van der Waals surface area contributed by atoms with Gasteiger partial charge in [-0.1, -0.05) is 6.07 Å². The van der Waals surface area contributed by atoms with Crippen molar-refractivity contribution in [2.45, 2.75) is 38.5 Å². The lowest BCUT2D eigenvalue weighted by Gasteiger charge is -2.12. The third kappa shape index (κ3) is 3.43. The molecule has 2 N–H and O–H groups in total. The van der Waals surface area contributed by atoms with Crippen LogP contribution in [0.15, 0.2) is 18.2 Å². The molecule has 18 heavy (non-hydrogen) atoms. The Morgan fingerprint density at radius 2 is 2.33 bits per heavy atom. The Kier molecular flexibility index (Phi) is 3.81. The maximum Gasteiger partial charge on any atom is 0.344 e. The molecule has 4 nitrogen and oxygen atoms in total. The fourth-order valence-electron chi connectivity index (χ4n) is 1.54. The van der Waals surface area contributed by atoms with Gasteiger partial charge < -0.3 is 15.2 Å². The molecule has 1 saturated carbocycles. The van der Waals surface area contributed by atoms with E-state index in [1.165, 1.54) is 31.9 Å². The number of hydrogen-bond donors (Lipinski definition) is 2. The van der Waals surface area contributed by atoms with Crippen LogP contribution in [0.1, 0.15) is 25.3 Å². The van der Waals surface area contributed by atoms with Crippen LogP contribution in [0.4, 0.5) is 4.39 Å². The average Bonchev–Trinajstić information content (AvgIpc) is 3.13. The lowest BCUT2D eigenvalue weighted by atomic mass is 10.2. The molecule has 0 aromatic heterocycles.